The first-order chi connectivity index (χ1) is 9.24. The molecule has 1 heterocycles. The van der Waals surface area contributed by atoms with Gasteiger partial charge in [0, 0.05) is 25.6 Å². The molecule has 2 aliphatic carbocycles. The molecule has 3 rings (SSSR count). The third-order valence-electron chi connectivity index (χ3n) is 5.74. The summed E-state index contributed by atoms with van der Waals surface area (Å²) in [7, 11) is 0. The number of nitrogens with zero attached hydrogens (tertiary/aromatic N) is 1. The molecule has 3 atom stereocenters. The predicted molar refractivity (Wildman–Crippen MR) is 76.6 cm³/mol. The molecule has 0 aromatic heterocycles. The summed E-state index contributed by atoms with van der Waals surface area (Å²) in [6, 6.07) is 0.348. The van der Waals surface area contributed by atoms with E-state index >= 15 is 0 Å². The van der Waals surface area contributed by atoms with Crippen LogP contribution in [0, 0.1) is 17.8 Å². The van der Waals surface area contributed by atoms with Crippen LogP contribution in [0.3, 0.4) is 0 Å². The monoisotopic (exact) mass is 264 g/mol. The van der Waals surface area contributed by atoms with E-state index < -0.39 is 0 Å². The predicted octanol–water partition coefficient (Wildman–Crippen LogP) is 2.54. The topological polar surface area (TPSA) is 46.3 Å². The number of amides is 1. The van der Waals surface area contributed by atoms with E-state index in [4.69, 9.17) is 5.73 Å². The fourth-order valence-corrected chi connectivity index (χ4v) is 4.51. The molecule has 3 heteroatoms. The maximum absolute atomic E-state index is 12.2. The lowest BCUT2D eigenvalue weighted by Crippen LogP contribution is -2.33. The second-order valence-corrected chi connectivity index (χ2v) is 7.01. The van der Waals surface area contributed by atoms with Crippen molar-refractivity contribution in [1.82, 2.24) is 4.90 Å². The first-order valence-corrected chi connectivity index (χ1v) is 8.27. The van der Waals surface area contributed by atoms with Gasteiger partial charge in [0.2, 0.25) is 5.91 Å². The fraction of sp³-hybridized carbons (Fsp3) is 0.938. The van der Waals surface area contributed by atoms with E-state index in [-0.39, 0.29) is 0 Å². The molecule has 0 radical (unpaired) electrons. The summed E-state index contributed by atoms with van der Waals surface area (Å²) in [5.41, 5.74) is 6.13. The van der Waals surface area contributed by atoms with Crippen molar-refractivity contribution in [2.75, 3.05) is 13.1 Å². The molecule has 0 aromatic carbocycles. The zero-order chi connectivity index (χ0) is 13.2. The molecule has 3 aliphatic rings. The van der Waals surface area contributed by atoms with Crippen LogP contribution in [0.1, 0.15) is 57.8 Å². The van der Waals surface area contributed by atoms with Gasteiger partial charge in [0.15, 0.2) is 0 Å². The van der Waals surface area contributed by atoms with Gasteiger partial charge in [-0.05, 0) is 43.4 Å². The van der Waals surface area contributed by atoms with Crippen LogP contribution in [-0.2, 0) is 4.79 Å². The minimum Gasteiger partial charge on any atom is -0.342 e. The van der Waals surface area contributed by atoms with Gasteiger partial charge < -0.3 is 10.6 Å². The number of carbonyl (C=O) groups excluding carboxylic acids is 1. The highest BCUT2D eigenvalue weighted by Crippen LogP contribution is 2.37. The number of nitrogens with two attached hydrogens (primary N) is 1. The molecule has 3 unspecified atom stereocenters. The van der Waals surface area contributed by atoms with Gasteiger partial charge in [-0.1, -0.05) is 25.7 Å². The molecular weight excluding hydrogens is 236 g/mol. The maximum atomic E-state index is 12.2. The largest absolute Gasteiger partial charge is 0.342 e. The smallest absolute Gasteiger partial charge is 0.222 e. The first-order valence-electron chi connectivity index (χ1n) is 8.27. The van der Waals surface area contributed by atoms with Crippen LogP contribution >= 0.6 is 0 Å². The highest BCUT2D eigenvalue weighted by atomic mass is 16.2. The Hall–Kier alpha value is -0.570. The van der Waals surface area contributed by atoms with Crippen LogP contribution in [0.25, 0.3) is 0 Å². The number of rotatable bonds is 4. The standard InChI is InChI=1S/C16H28N2O/c17-15-9-8-13-10-18(11-14(13)15)16(19)7-3-6-12-4-1-2-5-12/h12-15H,1-11,17H2. The highest BCUT2D eigenvalue weighted by Gasteiger charge is 2.42. The molecule has 3 fully saturated rings. The molecule has 0 bridgehead atoms. The molecule has 19 heavy (non-hydrogen) atoms. The molecule has 2 N–H and O–H groups in total. The minimum atomic E-state index is 0.348. The Bertz CT molecular complexity index is 325. The number of fused-ring (bicyclic) bond motifs is 1. The summed E-state index contributed by atoms with van der Waals surface area (Å²) in [6.07, 6.45) is 11.2. The molecule has 0 spiro atoms. The Morgan fingerprint density at radius 1 is 1.11 bits per heavy atom. The third kappa shape index (κ3) is 2.96. The quantitative estimate of drug-likeness (QED) is 0.848. The maximum Gasteiger partial charge on any atom is 0.222 e. The Labute approximate surface area is 116 Å². The van der Waals surface area contributed by atoms with Gasteiger partial charge in [-0.25, -0.2) is 0 Å². The Morgan fingerprint density at radius 3 is 2.63 bits per heavy atom. The van der Waals surface area contributed by atoms with Gasteiger partial charge in [0.1, 0.15) is 0 Å². The van der Waals surface area contributed by atoms with Gasteiger partial charge in [0.05, 0.1) is 0 Å². The van der Waals surface area contributed by atoms with E-state index in [2.05, 4.69) is 4.90 Å². The van der Waals surface area contributed by atoms with Gasteiger partial charge in [-0.15, -0.1) is 0 Å². The number of likely N-dealkylation sites (tertiary alicyclic amines) is 1. The lowest BCUT2D eigenvalue weighted by Gasteiger charge is -2.19. The van der Waals surface area contributed by atoms with Crippen molar-refractivity contribution in [3.63, 3.8) is 0 Å². The van der Waals surface area contributed by atoms with Crippen LogP contribution in [0.5, 0.6) is 0 Å². The van der Waals surface area contributed by atoms with Gasteiger partial charge >= 0.3 is 0 Å². The van der Waals surface area contributed by atoms with Crippen LogP contribution < -0.4 is 5.73 Å². The van der Waals surface area contributed by atoms with E-state index in [1.54, 1.807) is 0 Å². The normalized spacial score (nSPS) is 35.0. The summed E-state index contributed by atoms with van der Waals surface area (Å²) >= 11 is 0. The molecule has 108 valence electrons. The summed E-state index contributed by atoms with van der Waals surface area (Å²) < 4.78 is 0. The van der Waals surface area contributed by atoms with E-state index in [1.165, 1.54) is 44.9 Å². The molecule has 3 nitrogen and oxygen atoms in total. The van der Waals surface area contributed by atoms with Gasteiger partial charge in [-0.3, -0.25) is 4.79 Å². The Balaban J connectivity index is 1.39. The van der Waals surface area contributed by atoms with Crippen molar-refractivity contribution in [1.29, 1.82) is 0 Å². The van der Waals surface area contributed by atoms with E-state index in [9.17, 15) is 4.79 Å². The van der Waals surface area contributed by atoms with Crippen molar-refractivity contribution < 1.29 is 4.79 Å². The Morgan fingerprint density at radius 2 is 1.89 bits per heavy atom. The zero-order valence-corrected chi connectivity index (χ0v) is 12.0. The van der Waals surface area contributed by atoms with E-state index in [0.717, 1.165) is 31.8 Å². The third-order valence-corrected chi connectivity index (χ3v) is 5.74. The second kappa shape index (κ2) is 5.82. The van der Waals surface area contributed by atoms with Crippen molar-refractivity contribution in [2.24, 2.45) is 23.5 Å². The molecule has 1 aliphatic heterocycles. The van der Waals surface area contributed by atoms with Gasteiger partial charge in [0.25, 0.3) is 0 Å². The van der Waals surface area contributed by atoms with Crippen LogP contribution in [-0.4, -0.2) is 29.9 Å². The lowest BCUT2D eigenvalue weighted by atomic mass is 9.98. The van der Waals surface area contributed by atoms with Gasteiger partial charge in [-0.2, -0.15) is 0 Å². The highest BCUT2D eigenvalue weighted by molar-refractivity contribution is 5.76. The summed E-state index contributed by atoms with van der Waals surface area (Å²) in [4.78, 5) is 14.3. The first kappa shape index (κ1) is 13.4. The average Bonchev–Trinajstić information content (AvgIpc) is 3.08. The van der Waals surface area contributed by atoms with Crippen LogP contribution in [0.2, 0.25) is 0 Å². The van der Waals surface area contributed by atoms with E-state index in [0.29, 0.717) is 23.8 Å². The molecule has 2 saturated carbocycles. The van der Waals surface area contributed by atoms with Crippen molar-refractivity contribution >= 4 is 5.91 Å². The number of hydrogen-bond donors (Lipinski definition) is 1. The summed E-state index contributed by atoms with van der Waals surface area (Å²) in [6.45, 7) is 1.93. The van der Waals surface area contributed by atoms with Crippen molar-refractivity contribution in [3.8, 4) is 0 Å². The second-order valence-electron chi connectivity index (χ2n) is 7.01. The van der Waals surface area contributed by atoms with Crippen LogP contribution in [0.4, 0.5) is 0 Å². The number of carbonyl (C=O) groups is 1. The zero-order valence-electron chi connectivity index (χ0n) is 12.0. The van der Waals surface area contributed by atoms with Crippen molar-refractivity contribution in [3.05, 3.63) is 0 Å². The Kier molecular flexibility index (Phi) is 4.11. The molecule has 1 amide bonds. The SMILES string of the molecule is NC1CCC2CN(C(=O)CCCC3CCCC3)CC12. The summed E-state index contributed by atoms with van der Waals surface area (Å²) in [5, 5.41) is 0. The minimum absolute atomic E-state index is 0.348. The van der Waals surface area contributed by atoms with Crippen molar-refractivity contribution in [2.45, 2.75) is 63.8 Å². The average molecular weight is 264 g/mol. The van der Waals surface area contributed by atoms with Crippen LogP contribution in [0.15, 0.2) is 0 Å². The summed E-state index contributed by atoms with van der Waals surface area (Å²) in [5.74, 6) is 2.60. The fourth-order valence-electron chi connectivity index (χ4n) is 4.51. The van der Waals surface area contributed by atoms with E-state index in [1.807, 2.05) is 0 Å². The molecular formula is C16H28N2O. The molecule has 1 saturated heterocycles. The number of hydrogen-bond acceptors (Lipinski definition) is 2. The molecule has 0 aromatic rings. The lowest BCUT2D eigenvalue weighted by molar-refractivity contribution is -0.130.